The van der Waals surface area contributed by atoms with Crippen LogP contribution in [0.2, 0.25) is 0 Å². The molecular weight excluding hydrogens is 218 g/mol. The van der Waals surface area contributed by atoms with Crippen molar-refractivity contribution < 1.29 is 4.42 Å². The molecule has 0 aromatic carbocycles. The highest BCUT2D eigenvalue weighted by Crippen LogP contribution is 2.24. The number of anilines is 1. The molecule has 1 fully saturated rings. The fraction of sp³-hybridized carbons (Fsp3) is 0.818. The Morgan fingerprint density at radius 3 is 3.00 bits per heavy atom. The molecule has 2 rings (SSSR count). The van der Waals surface area contributed by atoms with Gasteiger partial charge in [0.1, 0.15) is 0 Å². The van der Waals surface area contributed by atoms with Crippen molar-refractivity contribution in [1.29, 1.82) is 0 Å². The molecular formula is C11H21N5O. The van der Waals surface area contributed by atoms with E-state index >= 15 is 0 Å². The first kappa shape index (κ1) is 12.3. The van der Waals surface area contributed by atoms with Crippen molar-refractivity contribution in [3.05, 3.63) is 5.89 Å². The van der Waals surface area contributed by atoms with Crippen LogP contribution in [0.3, 0.4) is 0 Å². The Hall–Kier alpha value is -1.14. The lowest BCUT2D eigenvalue weighted by Gasteiger charge is -2.25. The van der Waals surface area contributed by atoms with E-state index in [0.717, 1.165) is 13.1 Å². The van der Waals surface area contributed by atoms with E-state index in [1.807, 2.05) is 7.05 Å². The maximum Gasteiger partial charge on any atom is 0.318 e. The van der Waals surface area contributed by atoms with Crippen LogP contribution in [0, 0.1) is 0 Å². The van der Waals surface area contributed by atoms with Gasteiger partial charge >= 0.3 is 6.01 Å². The number of nitrogens with one attached hydrogen (secondary N) is 1. The Bertz CT molecular complexity index is 351. The van der Waals surface area contributed by atoms with Crippen molar-refractivity contribution in [1.82, 2.24) is 20.4 Å². The minimum atomic E-state index is 0.493. The average molecular weight is 239 g/mol. The maximum atomic E-state index is 5.64. The first-order valence-corrected chi connectivity index (χ1v) is 6.09. The third kappa shape index (κ3) is 2.95. The molecule has 1 saturated heterocycles. The minimum Gasteiger partial charge on any atom is -0.407 e. The topological polar surface area (TPSA) is 57.4 Å². The summed E-state index contributed by atoms with van der Waals surface area (Å²) in [6, 6.07) is 1.16. The van der Waals surface area contributed by atoms with Gasteiger partial charge in [0.15, 0.2) is 0 Å². The molecule has 6 heteroatoms. The van der Waals surface area contributed by atoms with Crippen LogP contribution < -0.4 is 10.2 Å². The largest absolute Gasteiger partial charge is 0.407 e. The number of aromatic nitrogens is 2. The molecule has 96 valence electrons. The summed E-state index contributed by atoms with van der Waals surface area (Å²) in [6.45, 7) is 2.67. The van der Waals surface area contributed by atoms with Crippen LogP contribution in [-0.4, -0.2) is 55.4 Å². The zero-order chi connectivity index (χ0) is 12.3. The van der Waals surface area contributed by atoms with E-state index in [1.54, 1.807) is 0 Å². The van der Waals surface area contributed by atoms with Crippen LogP contribution in [0.1, 0.15) is 18.7 Å². The monoisotopic (exact) mass is 239 g/mol. The summed E-state index contributed by atoms with van der Waals surface area (Å²) in [4.78, 5) is 4.43. The highest BCUT2D eigenvalue weighted by Gasteiger charge is 2.28. The lowest BCUT2D eigenvalue weighted by Crippen LogP contribution is -2.37. The van der Waals surface area contributed by atoms with E-state index in [0.29, 0.717) is 24.5 Å². The van der Waals surface area contributed by atoms with Crippen molar-refractivity contribution in [2.45, 2.75) is 25.4 Å². The second kappa shape index (κ2) is 5.46. The van der Waals surface area contributed by atoms with Gasteiger partial charge in [0.25, 0.3) is 0 Å². The molecule has 0 bridgehead atoms. The zero-order valence-electron chi connectivity index (χ0n) is 10.8. The van der Waals surface area contributed by atoms with Gasteiger partial charge in [-0.15, -0.1) is 5.10 Å². The second-order valence-corrected chi connectivity index (χ2v) is 4.76. The zero-order valence-corrected chi connectivity index (χ0v) is 10.8. The molecule has 1 N–H and O–H groups in total. The van der Waals surface area contributed by atoms with E-state index in [1.165, 1.54) is 12.8 Å². The van der Waals surface area contributed by atoms with Gasteiger partial charge < -0.3 is 19.5 Å². The first-order valence-electron chi connectivity index (χ1n) is 6.09. The molecule has 1 aliphatic heterocycles. The van der Waals surface area contributed by atoms with Gasteiger partial charge in [0.2, 0.25) is 5.89 Å². The van der Waals surface area contributed by atoms with Gasteiger partial charge in [-0.05, 0) is 34.0 Å². The number of hydrogen-bond acceptors (Lipinski definition) is 6. The van der Waals surface area contributed by atoms with Gasteiger partial charge in [0.05, 0.1) is 6.54 Å². The molecule has 1 atom stereocenters. The van der Waals surface area contributed by atoms with Crippen LogP contribution in [0.4, 0.5) is 6.01 Å². The summed E-state index contributed by atoms with van der Waals surface area (Å²) >= 11 is 0. The molecule has 2 heterocycles. The van der Waals surface area contributed by atoms with E-state index < -0.39 is 0 Å². The standard InChI is InChI=1S/C11H21N5O/c1-12-7-10-13-14-11(17-10)16-6-4-5-9(16)8-15(2)3/h9,12H,4-8H2,1-3H3. The quantitative estimate of drug-likeness (QED) is 0.798. The molecule has 1 aromatic heterocycles. The Morgan fingerprint density at radius 1 is 1.47 bits per heavy atom. The number of rotatable bonds is 5. The SMILES string of the molecule is CNCc1nnc(N2CCCC2CN(C)C)o1. The van der Waals surface area contributed by atoms with Crippen molar-refractivity contribution in [3.63, 3.8) is 0 Å². The van der Waals surface area contributed by atoms with Crippen LogP contribution in [0.5, 0.6) is 0 Å². The number of hydrogen-bond donors (Lipinski definition) is 1. The van der Waals surface area contributed by atoms with Crippen molar-refractivity contribution in [3.8, 4) is 0 Å². The molecule has 0 saturated carbocycles. The summed E-state index contributed by atoms with van der Waals surface area (Å²) in [5.74, 6) is 0.651. The van der Waals surface area contributed by atoms with Crippen molar-refractivity contribution in [2.75, 3.05) is 39.1 Å². The van der Waals surface area contributed by atoms with E-state index in [9.17, 15) is 0 Å². The molecule has 6 nitrogen and oxygen atoms in total. The molecule has 1 aromatic rings. The van der Waals surface area contributed by atoms with Crippen LogP contribution >= 0.6 is 0 Å². The van der Waals surface area contributed by atoms with Crippen molar-refractivity contribution in [2.24, 2.45) is 0 Å². The Balaban J connectivity index is 2.03. The fourth-order valence-electron chi connectivity index (χ4n) is 2.28. The van der Waals surface area contributed by atoms with Crippen molar-refractivity contribution >= 4 is 6.01 Å². The van der Waals surface area contributed by atoms with Crippen LogP contribution in [-0.2, 0) is 6.54 Å². The molecule has 0 radical (unpaired) electrons. The second-order valence-electron chi connectivity index (χ2n) is 4.76. The normalized spacial score (nSPS) is 20.5. The van der Waals surface area contributed by atoms with Gasteiger partial charge in [-0.1, -0.05) is 5.10 Å². The predicted molar refractivity (Wildman–Crippen MR) is 66.0 cm³/mol. The molecule has 1 aliphatic rings. The van der Waals surface area contributed by atoms with Gasteiger partial charge in [0, 0.05) is 19.1 Å². The van der Waals surface area contributed by atoms with Gasteiger partial charge in [-0.2, -0.15) is 0 Å². The number of likely N-dealkylation sites (N-methyl/N-ethyl adjacent to an activating group) is 1. The average Bonchev–Trinajstić information content (AvgIpc) is 2.86. The smallest absolute Gasteiger partial charge is 0.318 e. The highest BCUT2D eigenvalue weighted by molar-refractivity contribution is 5.29. The molecule has 0 spiro atoms. The minimum absolute atomic E-state index is 0.493. The van der Waals surface area contributed by atoms with Gasteiger partial charge in [-0.3, -0.25) is 0 Å². The highest BCUT2D eigenvalue weighted by atomic mass is 16.4. The van der Waals surface area contributed by atoms with E-state index in [-0.39, 0.29) is 0 Å². The lowest BCUT2D eigenvalue weighted by atomic mass is 10.2. The summed E-state index contributed by atoms with van der Waals surface area (Å²) in [7, 11) is 6.06. The molecule has 0 amide bonds. The summed E-state index contributed by atoms with van der Waals surface area (Å²) < 4.78 is 5.64. The van der Waals surface area contributed by atoms with Crippen LogP contribution in [0.15, 0.2) is 4.42 Å². The number of nitrogens with zero attached hydrogens (tertiary/aromatic N) is 4. The lowest BCUT2D eigenvalue weighted by molar-refractivity contribution is 0.363. The maximum absolute atomic E-state index is 5.64. The predicted octanol–water partition coefficient (Wildman–Crippen LogP) is 0.319. The third-order valence-electron chi connectivity index (χ3n) is 2.98. The summed E-state index contributed by atoms with van der Waals surface area (Å²) in [5.41, 5.74) is 0. The summed E-state index contributed by atoms with van der Waals surface area (Å²) in [6.07, 6.45) is 2.39. The molecule has 1 unspecified atom stereocenters. The molecule has 0 aliphatic carbocycles. The molecule has 17 heavy (non-hydrogen) atoms. The Labute approximate surface area is 102 Å². The third-order valence-corrected chi connectivity index (χ3v) is 2.98. The first-order chi connectivity index (χ1) is 8.20. The van der Waals surface area contributed by atoms with Gasteiger partial charge in [-0.25, -0.2) is 0 Å². The van der Waals surface area contributed by atoms with Crippen LogP contribution in [0.25, 0.3) is 0 Å². The Kier molecular flexibility index (Phi) is 3.96. The Morgan fingerprint density at radius 2 is 2.29 bits per heavy atom. The fourth-order valence-corrected chi connectivity index (χ4v) is 2.28. The summed E-state index contributed by atoms with van der Waals surface area (Å²) in [5, 5.41) is 11.2. The van der Waals surface area contributed by atoms with E-state index in [4.69, 9.17) is 4.42 Å². The van der Waals surface area contributed by atoms with E-state index in [2.05, 4.69) is 39.4 Å².